The summed E-state index contributed by atoms with van der Waals surface area (Å²) < 4.78 is 0. The van der Waals surface area contributed by atoms with Gasteiger partial charge >= 0.3 is 6.09 Å². The molecule has 5 aliphatic rings. The van der Waals surface area contributed by atoms with Crippen molar-refractivity contribution in [2.45, 2.75) is 105 Å². The van der Waals surface area contributed by atoms with E-state index in [1.54, 1.807) is 0 Å². The van der Waals surface area contributed by atoms with Crippen LogP contribution in [0.25, 0.3) is 0 Å². The predicted molar refractivity (Wildman–Crippen MR) is 165 cm³/mol. The third kappa shape index (κ3) is 6.18. The molecular weight excluding hydrogens is 512 g/mol. The fraction of sp³-hybridized carbons (Fsp3) is 0.853. The van der Waals surface area contributed by atoms with Gasteiger partial charge in [0.1, 0.15) is 0 Å². The maximum atomic E-state index is 13.3. The number of oxime groups is 1. The van der Waals surface area contributed by atoms with Gasteiger partial charge in [-0.2, -0.15) is 0 Å². The van der Waals surface area contributed by atoms with Crippen molar-refractivity contribution >= 4 is 17.6 Å². The van der Waals surface area contributed by atoms with Gasteiger partial charge in [-0.15, -0.1) is 0 Å². The summed E-state index contributed by atoms with van der Waals surface area (Å²) in [4.78, 5) is 35.1. The van der Waals surface area contributed by atoms with E-state index in [-0.39, 0.29) is 16.9 Å². The molecule has 230 valence electrons. The molecule has 0 radical (unpaired) electrons. The van der Waals surface area contributed by atoms with E-state index in [0.717, 1.165) is 56.8 Å². The van der Waals surface area contributed by atoms with Crippen LogP contribution in [-0.4, -0.2) is 73.7 Å². The molecule has 7 heteroatoms. The smallest absolute Gasteiger partial charge is 0.313 e. The molecule has 1 unspecified atom stereocenters. The number of likely N-dealkylation sites (N-methyl/N-ethyl adjacent to an activating group) is 1. The van der Waals surface area contributed by atoms with E-state index in [4.69, 9.17) is 4.84 Å². The second-order valence-electron chi connectivity index (χ2n) is 15.8. The molecule has 7 nitrogen and oxygen atoms in total. The van der Waals surface area contributed by atoms with Crippen molar-refractivity contribution in [1.29, 1.82) is 0 Å². The Morgan fingerprint density at radius 2 is 1.80 bits per heavy atom. The zero-order valence-corrected chi connectivity index (χ0v) is 26.9. The number of nitrogens with zero attached hydrogens (tertiary/aromatic N) is 3. The fourth-order valence-corrected chi connectivity index (χ4v) is 9.84. The molecule has 41 heavy (non-hydrogen) atoms. The van der Waals surface area contributed by atoms with Crippen LogP contribution in [0.15, 0.2) is 16.8 Å². The second-order valence-corrected chi connectivity index (χ2v) is 15.8. The minimum atomic E-state index is -0.321. The zero-order valence-electron chi connectivity index (χ0n) is 26.9. The first-order chi connectivity index (χ1) is 19.3. The molecule has 5 rings (SSSR count). The number of ketones is 1. The molecule has 4 fully saturated rings. The van der Waals surface area contributed by atoms with Gasteiger partial charge in [-0.1, -0.05) is 38.4 Å². The molecule has 0 bridgehead atoms. The summed E-state index contributed by atoms with van der Waals surface area (Å²) in [6.45, 7) is 14.8. The van der Waals surface area contributed by atoms with Crippen LogP contribution >= 0.6 is 0 Å². The first-order valence-electron chi connectivity index (χ1n) is 16.4. The van der Waals surface area contributed by atoms with Crippen LogP contribution in [0.2, 0.25) is 0 Å². The van der Waals surface area contributed by atoms with E-state index >= 15 is 0 Å². The maximum Gasteiger partial charge on any atom is 0.436 e. The minimum Gasteiger partial charge on any atom is -0.313 e. The molecule has 1 amide bonds. The molecular formula is C34H56N4O3. The van der Waals surface area contributed by atoms with Gasteiger partial charge in [0.25, 0.3) is 0 Å². The van der Waals surface area contributed by atoms with Crippen molar-refractivity contribution < 1.29 is 14.4 Å². The molecule has 1 heterocycles. The molecule has 0 aromatic rings. The lowest BCUT2D eigenvalue weighted by Crippen LogP contribution is -2.51. The molecule has 1 N–H and O–H groups in total. The average Bonchev–Trinajstić information content (AvgIpc) is 3.45. The lowest BCUT2D eigenvalue weighted by molar-refractivity contribution is -0.117. The summed E-state index contributed by atoms with van der Waals surface area (Å²) >= 11 is 0. The lowest BCUT2D eigenvalue weighted by Gasteiger charge is -2.58. The number of carbonyl (C=O) groups is 2. The molecule has 1 aliphatic heterocycles. The zero-order chi connectivity index (χ0) is 29.6. The molecule has 1 saturated heterocycles. The number of nitrogens with one attached hydrogen (secondary N) is 1. The topological polar surface area (TPSA) is 74.2 Å². The minimum absolute atomic E-state index is 0.203. The summed E-state index contributed by atoms with van der Waals surface area (Å²) in [5.74, 6) is 2.79. The van der Waals surface area contributed by atoms with Crippen LogP contribution in [0.5, 0.6) is 0 Å². The first-order valence-corrected chi connectivity index (χ1v) is 16.4. The van der Waals surface area contributed by atoms with Gasteiger partial charge in [0.15, 0.2) is 5.78 Å². The van der Waals surface area contributed by atoms with E-state index in [2.05, 4.69) is 50.0 Å². The van der Waals surface area contributed by atoms with Gasteiger partial charge in [-0.3, -0.25) is 9.63 Å². The highest BCUT2D eigenvalue weighted by Gasteiger charge is 2.59. The molecule has 0 aromatic carbocycles. The Hall–Kier alpha value is -1.73. The Kier molecular flexibility index (Phi) is 8.80. The number of carbonyl (C=O) groups excluding carboxylic acids is 2. The standard InChI is InChI=1S/C34H56N4O3/c1-23(36-41-31(40)38(19-18-37(6)7)17-14-25-21-32(2,3)22-35-25)28-10-11-29-27-9-8-24-20-26(39)12-15-33(24,4)30(27)13-16-34(28,29)5/h20,25,27-30,35H,8-19,21-22H2,1-7H3/b36-23+/t25?,27-,28+,29-,30-,33-,34+/m0/s1. The Balaban J connectivity index is 1.22. The number of rotatable bonds is 8. The summed E-state index contributed by atoms with van der Waals surface area (Å²) in [7, 11) is 4.08. The Morgan fingerprint density at radius 3 is 2.51 bits per heavy atom. The van der Waals surface area contributed by atoms with Crippen LogP contribution in [-0.2, 0) is 9.63 Å². The van der Waals surface area contributed by atoms with E-state index in [9.17, 15) is 9.59 Å². The Morgan fingerprint density at radius 1 is 1.02 bits per heavy atom. The van der Waals surface area contributed by atoms with Gasteiger partial charge in [0.2, 0.25) is 0 Å². The third-order valence-corrected chi connectivity index (χ3v) is 12.2. The van der Waals surface area contributed by atoms with E-state index < -0.39 is 0 Å². The number of hydrogen-bond donors (Lipinski definition) is 1. The summed E-state index contributed by atoms with van der Waals surface area (Å²) in [6, 6.07) is 0.443. The molecule has 0 spiro atoms. The maximum absolute atomic E-state index is 13.3. The Bertz CT molecular complexity index is 1070. The molecule has 3 saturated carbocycles. The lowest BCUT2D eigenvalue weighted by atomic mass is 9.46. The highest BCUT2D eigenvalue weighted by Crippen LogP contribution is 2.66. The monoisotopic (exact) mass is 568 g/mol. The number of fused-ring (bicyclic) bond motifs is 5. The highest BCUT2D eigenvalue weighted by molar-refractivity contribution is 5.91. The van der Waals surface area contributed by atoms with Crippen molar-refractivity contribution in [3.8, 4) is 0 Å². The van der Waals surface area contributed by atoms with Crippen molar-refractivity contribution in [2.75, 3.05) is 40.3 Å². The Labute approximate surface area is 248 Å². The normalized spacial score (nSPS) is 38.2. The third-order valence-electron chi connectivity index (χ3n) is 12.2. The number of amides is 1. The van der Waals surface area contributed by atoms with Crippen LogP contribution in [0.1, 0.15) is 98.8 Å². The second kappa shape index (κ2) is 11.7. The van der Waals surface area contributed by atoms with Crippen LogP contribution in [0, 0.1) is 39.9 Å². The van der Waals surface area contributed by atoms with Crippen molar-refractivity contribution in [2.24, 2.45) is 45.1 Å². The number of hydrogen-bond acceptors (Lipinski definition) is 6. The van der Waals surface area contributed by atoms with Crippen LogP contribution in [0.4, 0.5) is 4.79 Å². The van der Waals surface area contributed by atoms with Crippen molar-refractivity contribution in [3.05, 3.63) is 11.6 Å². The van der Waals surface area contributed by atoms with Gasteiger partial charge in [0.05, 0.1) is 5.71 Å². The molecule has 4 aliphatic carbocycles. The van der Waals surface area contributed by atoms with Crippen molar-refractivity contribution in [1.82, 2.24) is 15.1 Å². The van der Waals surface area contributed by atoms with Gasteiger partial charge in [-0.05, 0) is 119 Å². The van der Waals surface area contributed by atoms with Crippen LogP contribution in [0.3, 0.4) is 0 Å². The van der Waals surface area contributed by atoms with E-state index in [1.807, 2.05) is 25.1 Å². The van der Waals surface area contributed by atoms with Gasteiger partial charge in [-0.25, -0.2) is 4.79 Å². The first kappa shape index (κ1) is 30.7. The highest BCUT2D eigenvalue weighted by atomic mass is 16.7. The molecule has 0 aromatic heterocycles. The SMILES string of the molecule is C/C(=N\OC(=O)N(CCC1CC(C)(C)CN1)CCN(C)C)[C@H]1CC[C@H]2[C@@H]3CCC4=CC(=O)CC[C@]4(C)[C@H]3CC[C@]12C. The van der Waals surface area contributed by atoms with Gasteiger partial charge in [0, 0.05) is 44.6 Å². The summed E-state index contributed by atoms with van der Waals surface area (Å²) in [6.07, 6.45) is 12.6. The van der Waals surface area contributed by atoms with Gasteiger partial charge < -0.3 is 15.1 Å². The summed E-state index contributed by atoms with van der Waals surface area (Å²) in [5, 5.41) is 8.16. The van der Waals surface area contributed by atoms with Crippen molar-refractivity contribution in [3.63, 3.8) is 0 Å². The predicted octanol–water partition coefficient (Wildman–Crippen LogP) is 6.29. The quantitative estimate of drug-likeness (QED) is 0.212. The average molecular weight is 569 g/mol. The summed E-state index contributed by atoms with van der Waals surface area (Å²) in [5.41, 5.74) is 3.14. The number of allylic oxidation sites excluding steroid dienone is 1. The van der Waals surface area contributed by atoms with E-state index in [0.29, 0.717) is 54.5 Å². The van der Waals surface area contributed by atoms with Crippen LogP contribution < -0.4 is 5.32 Å². The fourth-order valence-electron chi connectivity index (χ4n) is 9.84. The van der Waals surface area contributed by atoms with E-state index in [1.165, 1.54) is 31.3 Å². The largest absolute Gasteiger partial charge is 0.436 e. The molecule has 7 atom stereocenters.